The van der Waals surface area contributed by atoms with E-state index in [0.29, 0.717) is 25.4 Å². The molecule has 0 aliphatic carbocycles. The van der Waals surface area contributed by atoms with Gasteiger partial charge in [0, 0.05) is 32.6 Å². The molecule has 5 rings (SSSR count). The predicted octanol–water partition coefficient (Wildman–Crippen LogP) is 1.84. The van der Waals surface area contributed by atoms with Crippen molar-refractivity contribution in [3.63, 3.8) is 0 Å². The van der Waals surface area contributed by atoms with E-state index in [-0.39, 0.29) is 16.7 Å². The number of sulfonamides is 1. The zero-order valence-electron chi connectivity index (χ0n) is 17.7. The van der Waals surface area contributed by atoms with Gasteiger partial charge in [-0.05, 0) is 43.0 Å². The molecule has 164 valence electrons. The fourth-order valence-corrected chi connectivity index (χ4v) is 6.31. The van der Waals surface area contributed by atoms with Crippen molar-refractivity contribution < 1.29 is 13.2 Å². The Morgan fingerprint density at radius 2 is 1.74 bits per heavy atom. The Bertz CT molecular complexity index is 1200. The second kappa shape index (κ2) is 7.76. The first kappa shape index (κ1) is 20.2. The summed E-state index contributed by atoms with van der Waals surface area (Å²) in [5.74, 6) is 2.69. The van der Waals surface area contributed by atoms with Gasteiger partial charge in [0.1, 0.15) is 16.5 Å². The molecule has 2 unspecified atom stereocenters. The van der Waals surface area contributed by atoms with Crippen molar-refractivity contribution in [1.29, 1.82) is 0 Å². The number of nitrogens with zero attached hydrogens (tertiary/aromatic N) is 6. The highest BCUT2D eigenvalue weighted by atomic mass is 32.2. The molecule has 9 nitrogen and oxygen atoms in total. The maximum atomic E-state index is 13.3. The predicted molar refractivity (Wildman–Crippen MR) is 116 cm³/mol. The molecule has 2 aromatic heterocycles. The Kier molecular flexibility index (Phi) is 5.05. The number of para-hydroxylation sites is 1. The third kappa shape index (κ3) is 3.43. The normalized spacial score (nSPS) is 21.7. The average molecular weight is 443 g/mol. The monoisotopic (exact) mass is 442 g/mol. The minimum absolute atomic E-state index is 0.250. The van der Waals surface area contributed by atoms with Gasteiger partial charge in [-0.3, -0.25) is 0 Å². The second-order valence-electron chi connectivity index (χ2n) is 8.06. The lowest BCUT2D eigenvalue weighted by Crippen LogP contribution is -2.33. The molecule has 2 atom stereocenters. The number of aryl methyl sites for hydroxylation is 1. The molecule has 0 N–H and O–H groups in total. The molecule has 2 aliphatic rings. The highest BCUT2D eigenvalue weighted by Crippen LogP contribution is 2.37. The van der Waals surface area contributed by atoms with E-state index in [1.165, 1.54) is 0 Å². The van der Waals surface area contributed by atoms with Crippen LogP contribution in [0.1, 0.15) is 19.7 Å². The van der Waals surface area contributed by atoms with Crippen LogP contribution in [0.4, 0.5) is 5.82 Å². The maximum absolute atomic E-state index is 13.3. The smallest absolute Gasteiger partial charge is 0.246 e. The number of fused-ring (bicyclic) bond motifs is 2. The zero-order valence-corrected chi connectivity index (χ0v) is 18.5. The number of hydrogen-bond donors (Lipinski definition) is 0. The van der Waals surface area contributed by atoms with Gasteiger partial charge in [-0.15, -0.1) is 15.3 Å². The Labute approximate surface area is 181 Å². The van der Waals surface area contributed by atoms with E-state index in [1.807, 2.05) is 26.0 Å². The number of anilines is 1. The van der Waals surface area contributed by atoms with Crippen molar-refractivity contribution in [2.45, 2.75) is 25.2 Å². The van der Waals surface area contributed by atoms with Gasteiger partial charge in [-0.25, -0.2) is 8.42 Å². The first-order chi connectivity index (χ1) is 15.0. The van der Waals surface area contributed by atoms with Crippen molar-refractivity contribution in [3.8, 4) is 5.75 Å². The van der Waals surface area contributed by atoms with Crippen LogP contribution >= 0.6 is 0 Å². The van der Waals surface area contributed by atoms with Crippen LogP contribution in [-0.4, -0.2) is 65.3 Å². The molecule has 0 radical (unpaired) electrons. The summed E-state index contributed by atoms with van der Waals surface area (Å²) >= 11 is 0. The van der Waals surface area contributed by atoms with Gasteiger partial charge in [0.2, 0.25) is 10.0 Å². The minimum atomic E-state index is -3.59. The van der Waals surface area contributed by atoms with Crippen molar-refractivity contribution in [3.05, 3.63) is 42.2 Å². The molecule has 1 aromatic carbocycles. The van der Waals surface area contributed by atoms with Crippen molar-refractivity contribution in [2.75, 3.05) is 37.7 Å². The summed E-state index contributed by atoms with van der Waals surface area (Å²) in [5, 5.41) is 13.1. The van der Waals surface area contributed by atoms with Crippen LogP contribution < -0.4 is 9.64 Å². The lowest BCUT2D eigenvalue weighted by atomic mass is 10.0. The standard InChI is InChI=1S/C21H26N6O3S/c1-3-19-22-23-20-9-10-21(24-27(19)20)25-11-15-13-26(14-16(15)12-25)31(28,29)18-8-6-5-7-17(18)30-4-2/h5-10,15-16H,3-4,11-14H2,1-2H3. The zero-order chi connectivity index (χ0) is 21.6. The van der Waals surface area contributed by atoms with E-state index in [4.69, 9.17) is 9.84 Å². The maximum Gasteiger partial charge on any atom is 0.246 e. The van der Waals surface area contributed by atoms with Crippen LogP contribution in [0.2, 0.25) is 0 Å². The first-order valence-corrected chi connectivity index (χ1v) is 12.1. The molecule has 2 aliphatic heterocycles. The first-order valence-electron chi connectivity index (χ1n) is 10.7. The van der Waals surface area contributed by atoms with Gasteiger partial charge in [0.05, 0.1) is 6.61 Å². The Morgan fingerprint density at radius 3 is 2.45 bits per heavy atom. The number of hydrogen-bond acceptors (Lipinski definition) is 7. The molecule has 2 saturated heterocycles. The average Bonchev–Trinajstić information content (AvgIpc) is 3.46. The lowest BCUT2D eigenvalue weighted by molar-refractivity contribution is 0.329. The number of rotatable bonds is 6. The van der Waals surface area contributed by atoms with Crippen molar-refractivity contribution in [2.24, 2.45) is 11.8 Å². The largest absolute Gasteiger partial charge is 0.492 e. The molecule has 0 bridgehead atoms. The highest BCUT2D eigenvalue weighted by Gasteiger charge is 2.45. The lowest BCUT2D eigenvalue weighted by Gasteiger charge is -2.23. The van der Waals surface area contributed by atoms with Gasteiger partial charge < -0.3 is 9.64 Å². The minimum Gasteiger partial charge on any atom is -0.492 e. The van der Waals surface area contributed by atoms with Crippen LogP contribution in [0.15, 0.2) is 41.3 Å². The van der Waals surface area contributed by atoms with E-state index in [9.17, 15) is 8.42 Å². The molecule has 0 spiro atoms. The number of ether oxygens (including phenoxy) is 1. The summed E-state index contributed by atoms with van der Waals surface area (Å²) in [6.07, 6.45) is 0.763. The molecular weight excluding hydrogens is 416 g/mol. The van der Waals surface area contributed by atoms with E-state index < -0.39 is 10.0 Å². The molecule has 3 aromatic rings. The Hall–Kier alpha value is -2.72. The fraction of sp³-hybridized carbons (Fsp3) is 0.476. The van der Waals surface area contributed by atoms with E-state index in [1.54, 1.807) is 33.1 Å². The quantitative estimate of drug-likeness (QED) is 0.575. The SMILES string of the molecule is CCOc1ccccc1S(=O)(=O)N1CC2CN(c3ccc4nnc(CC)n4n3)CC2C1. The van der Waals surface area contributed by atoms with Gasteiger partial charge in [0.25, 0.3) is 0 Å². The molecule has 2 fully saturated rings. The highest BCUT2D eigenvalue weighted by molar-refractivity contribution is 7.89. The summed E-state index contributed by atoms with van der Waals surface area (Å²) < 4.78 is 35.6. The summed E-state index contributed by atoms with van der Waals surface area (Å²) in [7, 11) is -3.59. The third-order valence-corrected chi connectivity index (χ3v) is 8.04. The molecule has 10 heteroatoms. The fourth-order valence-electron chi connectivity index (χ4n) is 4.62. The van der Waals surface area contributed by atoms with Crippen LogP contribution in [0.5, 0.6) is 5.75 Å². The molecule has 0 amide bonds. The summed E-state index contributed by atoms with van der Waals surface area (Å²) in [5.41, 5.74) is 0.741. The van der Waals surface area contributed by atoms with Crippen LogP contribution in [0.25, 0.3) is 5.65 Å². The Balaban J connectivity index is 1.33. The van der Waals surface area contributed by atoms with E-state index >= 15 is 0 Å². The van der Waals surface area contributed by atoms with Crippen LogP contribution in [0, 0.1) is 11.8 Å². The number of benzene rings is 1. The van der Waals surface area contributed by atoms with E-state index in [0.717, 1.165) is 36.8 Å². The van der Waals surface area contributed by atoms with Gasteiger partial charge in [0.15, 0.2) is 11.5 Å². The summed E-state index contributed by atoms with van der Waals surface area (Å²) in [6.45, 7) is 6.91. The molecular formula is C21H26N6O3S. The molecule has 4 heterocycles. The van der Waals surface area contributed by atoms with Gasteiger partial charge in [-0.2, -0.15) is 8.82 Å². The Morgan fingerprint density at radius 1 is 1.00 bits per heavy atom. The van der Waals surface area contributed by atoms with Crippen LogP contribution in [-0.2, 0) is 16.4 Å². The van der Waals surface area contributed by atoms with Gasteiger partial charge >= 0.3 is 0 Å². The molecule has 0 saturated carbocycles. The molecule has 31 heavy (non-hydrogen) atoms. The third-order valence-electron chi connectivity index (χ3n) is 6.17. The number of aromatic nitrogens is 4. The summed E-state index contributed by atoms with van der Waals surface area (Å²) in [4.78, 5) is 2.49. The topological polar surface area (TPSA) is 92.9 Å². The van der Waals surface area contributed by atoms with E-state index in [2.05, 4.69) is 15.1 Å². The van der Waals surface area contributed by atoms with Crippen molar-refractivity contribution in [1.82, 2.24) is 24.1 Å². The van der Waals surface area contributed by atoms with Crippen molar-refractivity contribution >= 4 is 21.5 Å². The summed E-state index contributed by atoms with van der Waals surface area (Å²) in [6, 6.07) is 10.8. The second-order valence-corrected chi connectivity index (χ2v) is 9.96. The van der Waals surface area contributed by atoms with Crippen LogP contribution in [0.3, 0.4) is 0 Å². The van der Waals surface area contributed by atoms with Gasteiger partial charge in [-0.1, -0.05) is 19.1 Å².